The van der Waals surface area contributed by atoms with E-state index >= 15 is 0 Å². The number of carbonyl (C=O) groups is 2. The third-order valence-corrected chi connectivity index (χ3v) is 5.06. The lowest BCUT2D eigenvalue weighted by Gasteiger charge is -2.12. The molecule has 0 aliphatic rings. The van der Waals surface area contributed by atoms with Crippen LogP contribution in [0.25, 0.3) is 0 Å². The van der Waals surface area contributed by atoms with Crippen molar-refractivity contribution in [3.63, 3.8) is 0 Å². The smallest absolute Gasteiger partial charge is 0.339 e. The molecule has 0 saturated carbocycles. The largest absolute Gasteiger partial charge is 0.495 e. The number of carbonyl (C=O) groups excluding carboxylic acids is 2. The van der Waals surface area contributed by atoms with Gasteiger partial charge in [-0.3, -0.25) is 4.79 Å². The topological polar surface area (TPSA) is 130 Å². The van der Waals surface area contributed by atoms with Gasteiger partial charge in [0.2, 0.25) is 15.9 Å². The van der Waals surface area contributed by atoms with Gasteiger partial charge in [-0.15, -0.1) is 0 Å². The highest BCUT2D eigenvalue weighted by molar-refractivity contribution is 7.89. The monoisotopic (exact) mass is 409 g/mol. The van der Waals surface area contributed by atoms with Crippen molar-refractivity contribution in [2.75, 3.05) is 19.0 Å². The van der Waals surface area contributed by atoms with Crippen molar-refractivity contribution in [3.8, 4) is 5.75 Å². The van der Waals surface area contributed by atoms with E-state index in [9.17, 15) is 18.0 Å². The Kier molecular flexibility index (Phi) is 6.47. The third-order valence-electron chi connectivity index (χ3n) is 4.12. The minimum Gasteiger partial charge on any atom is -0.495 e. The third kappa shape index (κ3) is 4.70. The van der Waals surface area contributed by atoms with Crippen LogP contribution in [0.2, 0.25) is 0 Å². The molecule has 10 heteroatoms. The number of methoxy groups -OCH3 is 1. The van der Waals surface area contributed by atoms with E-state index in [1.54, 1.807) is 31.4 Å². The summed E-state index contributed by atoms with van der Waals surface area (Å²) in [6, 6.07) is 5.80. The Morgan fingerprint density at radius 1 is 1.21 bits per heavy atom. The Labute approximate surface area is 163 Å². The second-order valence-electron chi connectivity index (χ2n) is 6.05. The Morgan fingerprint density at radius 2 is 1.89 bits per heavy atom. The van der Waals surface area contributed by atoms with Gasteiger partial charge in [-0.2, -0.15) is 0 Å². The summed E-state index contributed by atoms with van der Waals surface area (Å²) in [6.45, 7) is 5.41. The van der Waals surface area contributed by atoms with Crippen molar-refractivity contribution >= 4 is 27.6 Å². The van der Waals surface area contributed by atoms with Crippen molar-refractivity contribution < 1.29 is 27.5 Å². The van der Waals surface area contributed by atoms with Crippen LogP contribution < -0.4 is 15.2 Å². The average Bonchev–Trinajstić information content (AvgIpc) is 2.89. The summed E-state index contributed by atoms with van der Waals surface area (Å²) in [6.07, 6.45) is 0. The molecule has 1 amide bonds. The summed E-state index contributed by atoms with van der Waals surface area (Å²) >= 11 is 0. The molecule has 0 unspecified atom stereocenters. The van der Waals surface area contributed by atoms with Crippen molar-refractivity contribution in [1.82, 2.24) is 4.57 Å². The molecule has 1 aromatic heterocycles. The van der Waals surface area contributed by atoms with Gasteiger partial charge in [-0.25, -0.2) is 18.4 Å². The maximum atomic E-state index is 12.4. The maximum Gasteiger partial charge on any atom is 0.339 e. The second-order valence-corrected chi connectivity index (χ2v) is 7.58. The average molecular weight is 409 g/mol. The maximum absolute atomic E-state index is 12.4. The SMILES string of the molecule is CCOC(=O)c1cc(C)n(CC(=O)Nc2ccc(OC)c(S(N)(=O)=O)c2)c1C. The highest BCUT2D eigenvalue weighted by Crippen LogP contribution is 2.26. The fraction of sp³-hybridized carbons (Fsp3) is 0.333. The number of hydrogen-bond donors (Lipinski definition) is 2. The number of nitrogens with two attached hydrogens (primary N) is 1. The number of primary sulfonamides is 1. The molecule has 152 valence electrons. The number of ether oxygens (including phenoxy) is 2. The molecule has 0 atom stereocenters. The van der Waals surface area contributed by atoms with Crippen LogP contribution in [0.1, 0.15) is 28.7 Å². The normalized spacial score (nSPS) is 11.2. The number of amides is 1. The molecule has 0 radical (unpaired) electrons. The first kappa shape index (κ1) is 21.5. The van der Waals surface area contributed by atoms with Gasteiger partial charge >= 0.3 is 5.97 Å². The highest BCUT2D eigenvalue weighted by Gasteiger charge is 2.19. The van der Waals surface area contributed by atoms with Crippen molar-refractivity contribution in [3.05, 3.63) is 41.2 Å². The standard InChI is InChI=1S/C18H23N3O6S/c1-5-27-18(23)14-8-11(2)21(12(14)3)10-17(22)20-13-6-7-15(26-4)16(9-13)28(19,24)25/h6-9H,5,10H2,1-4H3,(H,20,22)(H2,19,24,25). The van der Waals surface area contributed by atoms with Crippen LogP contribution >= 0.6 is 0 Å². The first-order chi connectivity index (χ1) is 13.1. The summed E-state index contributed by atoms with van der Waals surface area (Å²) in [5, 5.41) is 7.80. The molecular formula is C18H23N3O6S. The summed E-state index contributed by atoms with van der Waals surface area (Å²) in [4.78, 5) is 24.2. The molecule has 0 fully saturated rings. The quantitative estimate of drug-likeness (QED) is 0.668. The minimum absolute atomic E-state index is 0.0617. The van der Waals surface area contributed by atoms with Gasteiger partial charge in [0.1, 0.15) is 17.2 Å². The molecule has 3 N–H and O–H groups in total. The van der Waals surface area contributed by atoms with Gasteiger partial charge in [0.25, 0.3) is 0 Å². The predicted molar refractivity (Wildman–Crippen MR) is 103 cm³/mol. The number of rotatable bonds is 7. The summed E-state index contributed by atoms with van der Waals surface area (Å²) in [5.41, 5.74) is 1.97. The molecule has 28 heavy (non-hydrogen) atoms. The van der Waals surface area contributed by atoms with E-state index in [0.717, 1.165) is 5.69 Å². The molecule has 0 saturated heterocycles. The van der Waals surface area contributed by atoms with Gasteiger partial charge in [-0.05, 0) is 45.0 Å². The Hall–Kier alpha value is -2.85. The predicted octanol–water partition coefficient (Wildman–Crippen LogP) is 1.58. The van der Waals surface area contributed by atoms with Crippen LogP contribution in [-0.2, 0) is 26.1 Å². The molecule has 2 rings (SSSR count). The van der Waals surface area contributed by atoms with Gasteiger partial charge in [0, 0.05) is 17.1 Å². The Bertz CT molecular complexity index is 1010. The summed E-state index contributed by atoms with van der Waals surface area (Å²) in [7, 11) is -2.70. The van der Waals surface area contributed by atoms with E-state index in [1.165, 1.54) is 25.3 Å². The van der Waals surface area contributed by atoms with Gasteiger partial charge in [-0.1, -0.05) is 0 Å². The first-order valence-corrected chi connectivity index (χ1v) is 9.97. The lowest BCUT2D eigenvalue weighted by atomic mass is 10.2. The lowest BCUT2D eigenvalue weighted by molar-refractivity contribution is -0.116. The molecule has 0 aliphatic heterocycles. The molecule has 1 aromatic carbocycles. The van der Waals surface area contributed by atoms with E-state index in [2.05, 4.69) is 5.32 Å². The van der Waals surface area contributed by atoms with E-state index in [0.29, 0.717) is 11.3 Å². The number of aromatic nitrogens is 1. The van der Waals surface area contributed by atoms with Crippen LogP contribution in [0.3, 0.4) is 0 Å². The zero-order valence-electron chi connectivity index (χ0n) is 16.1. The number of nitrogens with zero attached hydrogens (tertiary/aromatic N) is 1. The van der Waals surface area contributed by atoms with Crippen molar-refractivity contribution in [2.24, 2.45) is 5.14 Å². The van der Waals surface area contributed by atoms with E-state index in [4.69, 9.17) is 14.6 Å². The number of aryl methyl sites for hydroxylation is 1. The number of nitrogens with one attached hydrogen (secondary N) is 1. The zero-order valence-corrected chi connectivity index (χ0v) is 16.9. The second kappa shape index (κ2) is 8.44. The van der Waals surface area contributed by atoms with E-state index in [1.807, 2.05) is 0 Å². The highest BCUT2D eigenvalue weighted by atomic mass is 32.2. The first-order valence-electron chi connectivity index (χ1n) is 8.43. The fourth-order valence-corrected chi connectivity index (χ4v) is 3.50. The number of hydrogen-bond acceptors (Lipinski definition) is 6. The van der Waals surface area contributed by atoms with E-state index < -0.39 is 21.9 Å². The van der Waals surface area contributed by atoms with Crippen LogP contribution in [-0.4, -0.2) is 38.6 Å². The van der Waals surface area contributed by atoms with Gasteiger partial charge < -0.3 is 19.4 Å². The molecule has 9 nitrogen and oxygen atoms in total. The number of sulfonamides is 1. The molecule has 0 bridgehead atoms. The molecule has 0 aliphatic carbocycles. The zero-order chi connectivity index (χ0) is 21.1. The fourth-order valence-electron chi connectivity index (χ4n) is 2.78. The van der Waals surface area contributed by atoms with Crippen molar-refractivity contribution in [1.29, 1.82) is 0 Å². The van der Waals surface area contributed by atoms with Gasteiger partial charge in [0.15, 0.2) is 0 Å². The van der Waals surface area contributed by atoms with Crippen LogP contribution in [0.5, 0.6) is 5.75 Å². The number of anilines is 1. The Balaban J connectivity index is 2.23. The van der Waals surface area contributed by atoms with Gasteiger partial charge in [0.05, 0.1) is 19.3 Å². The van der Waals surface area contributed by atoms with Crippen LogP contribution in [0.15, 0.2) is 29.2 Å². The van der Waals surface area contributed by atoms with Crippen LogP contribution in [0, 0.1) is 13.8 Å². The molecule has 1 heterocycles. The van der Waals surface area contributed by atoms with Crippen molar-refractivity contribution in [2.45, 2.75) is 32.2 Å². The minimum atomic E-state index is -4.02. The molecule has 0 spiro atoms. The molecular weight excluding hydrogens is 386 g/mol. The Morgan fingerprint density at radius 3 is 2.46 bits per heavy atom. The summed E-state index contributed by atoms with van der Waals surface area (Å²) in [5.74, 6) is -0.769. The lowest BCUT2D eigenvalue weighted by Crippen LogP contribution is -2.21. The van der Waals surface area contributed by atoms with E-state index in [-0.39, 0.29) is 29.5 Å². The molecule has 2 aromatic rings. The van der Waals surface area contributed by atoms with Crippen LogP contribution in [0.4, 0.5) is 5.69 Å². The number of benzene rings is 1. The number of esters is 1. The summed E-state index contributed by atoms with van der Waals surface area (Å²) < 4.78 is 35.0.